The summed E-state index contributed by atoms with van der Waals surface area (Å²) in [5.74, 6) is -1.76. The number of benzene rings is 2. The van der Waals surface area contributed by atoms with E-state index in [1.165, 1.54) is 34.7 Å². The number of sulfonamides is 1. The molecule has 0 heterocycles. The monoisotopic (exact) mass is 463 g/mol. The summed E-state index contributed by atoms with van der Waals surface area (Å²) in [4.78, 5) is -0.185. The smallest absolute Gasteiger partial charge is 0.262 e. The molecular formula is C12H6Cl2F2INO2S. The van der Waals surface area contributed by atoms with Gasteiger partial charge in [-0.3, -0.25) is 4.72 Å². The highest BCUT2D eigenvalue weighted by Gasteiger charge is 2.19. The molecule has 0 bridgehead atoms. The Morgan fingerprint density at radius 2 is 1.71 bits per heavy atom. The van der Waals surface area contributed by atoms with E-state index in [1.54, 1.807) is 0 Å². The first-order valence-corrected chi connectivity index (χ1v) is 8.65. The van der Waals surface area contributed by atoms with Crippen molar-refractivity contribution in [1.29, 1.82) is 0 Å². The summed E-state index contributed by atoms with van der Waals surface area (Å²) in [5, 5.41) is 0.242. The van der Waals surface area contributed by atoms with E-state index in [2.05, 4.69) is 0 Å². The summed E-state index contributed by atoms with van der Waals surface area (Å²) < 4.78 is 53.0. The number of nitrogens with one attached hydrogen (secondary N) is 1. The molecular weight excluding hydrogens is 458 g/mol. The Morgan fingerprint density at radius 3 is 2.33 bits per heavy atom. The van der Waals surface area contributed by atoms with Gasteiger partial charge in [0.1, 0.15) is 5.82 Å². The van der Waals surface area contributed by atoms with Crippen LogP contribution in [0.5, 0.6) is 0 Å². The van der Waals surface area contributed by atoms with Gasteiger partial charge in [-0.1, -0.05) is 23.2 Å². The van der Waals surface area contributed by atoms with Gasteiger partial charge < -0.3 is 0 Å². The lowest BCUT2D eigenvalue weighted by Crippen LogP contribution is -2.14. The molecule has 1 N–H and O–H groups in total. The van der Waals surface area contributed by atoms with Gasteiger partial charge in [-0.25, -0.2) is 17.2 Å². The zero-order valence-electron chi connectivity index (χ0n) is 10.0. The molecule has 0 aromatic heterocycles. The van der Waals surface area contributed by atoms with E-state index in [0.717, 1.165) is 18.2 Å². The lowest BCUT2D eigenvalue weighted by molar-refractivity contribution is 0.571. The molecule has 0 amide bonds. The van der Waals surface area contributed by atoms with Crippen LogP contribution >= 0.6 is 45.8 Å². The molecule has 0 aliphatic rings. The zero-order chi connectivity index (χ0) is 15.8. The highest BCUT2D eigenvalue weighted by molar-refractivity contribution is 14.1. The van der Waals surface area contributed by atoms with Crippen molar-refractivity contribution in [2.75, 3.05) is 4.72 Å². The standard InChI is InChI=1S/C12H6Cl2F2INO2S/c13-7-2-1-6(5-8(7)14)21(19,20)18-10-4-3-9(15)12(17)11(10)16/h1-5,18H. The van der Waals surface area contributed by atoms with Gasteiger partial charge in [-0.15, -0.1) is 0 Å². The molecule has 0 spiro atoms. The Hall–Kier alpha value is -0.640. The number of halogens is 5. The summed E-state index contributed by atoms with van der Waals surface area (Å²) in [6, 6.07) is 5.64. The third-order valence-corrected chi connectivity index (χ3v) is 5.57. The first kappa shape index (κ1) is 16.7. The Kier molecular flexibility index (Phi) is 4.96. The second-order valence-electron chi connectivity index (χ2n) is 3.90. The molecule has 0 aliphatic heterocycles. The van der Waals surface area contributed by atoms with Crippen molar-refractivity contribution in [2.45, 2.75) is 4.90 Å². The molecule has 0 saturated carbocycles. The SMILES string of the molecule is O=S(=O)(Nc1ccc(F)c(I)c1F)c1ccc(Cl)c(Cl)c1. The van der Waals surface area contributed by atoms with Crippen LogP contribution in [0.15, 0.2) is 35.2 Å². The van der Waals surface area contributed by atoms with E-state index in [0.29, 0.717) is 0 Å². The molecule has 0 saturated heterocycles. The summed E-state index contributed by atoms with van der Waals surface area (Å²) >= 11 is 12.9. The second-order valence-corrected chi connectivity index (χ2v) is 7.48. The van der Waals surface area contributed by atoms with Crippen molar-refractivity contribution >= 4 is 61.5 Å². The van der Waals surface area contributed by atoms with Crippen molar-refractivity contribution < 1.29 is 17.2 Å². The third-order valence-electron chi connectivity index (χ3n) is 2.48. The van der Waals surface area contributed by atoms with Crippen LogP contribution in [-0.4, -0.2) is 8.42 Å². The second kappa shape index (κ2) is 6.23. The van der Waals surface area contributed by atoms with Gasteiger partial charge in [-0.05, 0) is 52.9 Å². The van der Waals surface area contributed by atoms with Crippen LogP contribution in [0, 0.1) is 15.2 Å². The normalized spacial score (nSPS) is 11.5. The van der Waals surface area contributed by atoms with E-state index in [1.807, 2.05) is 4.72 Å². The minimum absolute atomic E-state index is 0.0497. The largest absolute Gasteiger partial charge is 0.277 e. The first-order chi connectivity index (χ1) is 9.72. The van der Waals surface area contributed by atoms with E-state index < -0.39 is 21.7 Å². The Bertz CT molecular complexity index is 815. The predicted molar refractivity (Wildman–Crippen MR) is 86.3 cm³/mol. The van der Waals surface area contributed by atoms with Crippen molar-refractivity contribution in [3.05, 3.63) is 55.6 Å². The lowest BCUT2D eigenvalue weighted by Gasteiger charge is -2.10. The number of rotatable bonds is 3. The molecule has 0 atom stereocenters. The van der Waals surface area contributed by atoms with Gasteiger partial charge in [-0.2, -0.15) is 0 Å². The van der Waals surface area contributed by atoms with Crippen LogP contribution in [0.2, 0.25) is 10.0 Å². The van der Waals surface area contributed by atoms with Gasteiger partial charge in [0.15, 0.2) is 5.82 Å². The molecule has 0 aliphatic carbocycles. The van der Waals surface area contributed by atoms with Crippen LogP contribution in [0.4, 0.5) is 14.5 Å². The van der Waals surface area contributed by atoms with Gasteiger partial charge >= 0.3 is 0 Å². The summed E-state index contributed by atoms with van der Waals surface area (Å²) in [7, 11) is -4.06. The maximum Gasteiger partial charge on any atom is 0.262 e. The topological polar surface area (TPSA) is 46.2 Å². The van der Waals surface area contributed by atoms with Crippen LogP contribution in [0.3, 0.4) is 0 Å². The van der Waals surface area contributed by atoms with E-state index in [-0.39, 0.29) is 24.2 Å². The first-order valence-electron chi connectivity index (χ1n) is 5.34. The maximum absolute atomic E-state index is 13.8. The van der Waals surface area contributed by atoms with Crippen LogP contribution in [-0.2, 0) is 10.0 Å². The molecule has 0 unspecified atom stereocenters. The van der Waals surface area contributed by atoms with Crippen LogP contribution < -0.4 is 4.72 Å². The fourth-order valence-electron chi connectivity index (χ4n) is 1.45. The summed E-state index contributed by atoms with van der Waals surface area (Å²) in [6.07, 6.45) is 0. The molecule has 0 radical (unpaired) electrons. The molecule has 0 fully saturated rings. The quantitative estimate of drug-likeness (QED) is 0.530. The van der Waals surface area contributed by atoms with Gasteiger partial charge in [0.05, 0.1) is 24.2 Å². The van der Waals surface area contributed by atoms with Crippen molar-refractivity contribution in [1.82, 2.24) is 0 Å². The van der Waals surface area contributed by atoms with E-state index >= 15 is 0 Å². The molecule has 3 nitrogen and oxygen atoms in total. The average Bonchev–Trinajstić information content (AvgIpc) is 2.42. The van der Waals surface area contributed by atoms with Crippen molar-refractivity contribution in [2.24, 2.45) is 0 Å². The Balaban J connectivity index is 2.42. The zero-order valence-corrected chi connectivity index (χ0v) is 14.5. The third kappa shape index (κ3) is 3.58. The van der Waals surface area contributed by atoms with Crippen LogP contribution in [0.1, 0.15) is 0 Å². The molecule has 21 heavy (non-hydrogen) atoms. The number of hydrogen-bond donors (Lipinski definition) is 1. The highest BCUT2D eigenvalue weighted by atomic mass is 127. The number of hydrogen-bond acceptors (Lipinski definition) is 2. The van der Waals surface area contributed by atoms with Gasteiger partial charge in [0, 0.05) is 0 Å². The Morgan fingerprint density at radius 1 is 1.05 bits per heavy atom. The summed E-state index contributed by atoms with van der Waals surface area (Å²) in [5.41, 5.74) is -0.355. The van der Waals surface area contributed by atoms with Crippen molar-refractivity contribution in [3.63, 3.8) is 0 Å². The van der Waals surface area contributed by atoms with E-state index in [9.17, 15) is 17.2 Å². The molecule has 112 valence electrons. The minimum Gasteiger partial charge on any atom is -0.277 e. The van der Waals surface area contributed by atoms with Crippen LogP contribution in [0.25, 0.3) is 0 Å². The predicted octanol–water partition coefficient (Wildman–Crippen LogP) is 4.68. The maximum atomic E-state index is 13.8. The average molecular weight is 464 g/mol. The minimum atomic E-state index is -4.06. The van der Waals surface area contributed by atoms with Crippen molar-refractivity contribution in [3.8, 4) is 0 Å². The fraction of sp³-hybridized carbons (Fsp3) is 0. The summed E-state index contributed by atoms with van der Waals surface area (Å²) in [6.45, 7) is 0. The molecule has 9 heteroatoms. The highest BCUT2D eigenvalue weighted by Crippen LogP contribution is 2.28. The lowest BCUT2D eigenvalue weighted by atomic mass is 10.3. The molecule has 2 rings (SSSR count). The van der Waals surface area contributed by atoms with Gasteiger partial charge in [0.25, 0.3) is 10.0 Å². The molecule has 2 aromatic carbocycles. The Labute approximate surface area is 143 Å². The number of anilines is 1. The molecule has 2 aromatic rings. The van der Waals surface area contributed by atoms with E-state index in [4.69, 9.17) is 23.2 Å². The van der Waals surface area contributed by atoms with Gasteiger partial charge in [0.2, 0.25) is 0 Å². The fourth-order valence-corrected chi connectivity index (χ4v) is 3.37.